The number of furan rings is 1. The quantitative estimate of drug-likeness (QED) is 0.150. The van der Waals surface area contributed by atoms with Crippen molar-refractivity contribution in [3.8, 4) is 11.5 Å². The third kappa shape index (κ3) is 6.46. The lowest BCUT2D eigenvalue weighted by molar-refractivity contribution is 0.0929. The maximum absolute atomic E-state index is 12.5. The molecule has 6 nitrogen and oxygen atoms in total. The normalized spacial score (nSPS) is 11.2. The summed E-state index contributed by atoms with van der Waals surface area (Å²) in [6.07, 6.45) is 1.47. The van der Waals surface area contributed by atoms with E-state index in [-0.39, 0.29) is 5.76 Å². The Balaban J connectivity index is 1.47. The van der Waals surface area contributed by atoms with Crippen molar-refractivity contribution in [2.45, 2.75) is 13.5 Å². The van der Waals surface area contributed by atoms with Gasteiger partial charge in [0, 0.05) is 14.3 Å². The summed E-state index contributed by atoms with van der Waals surface area (Å²) in [6.45, 7) is 2.64. The number of hydrogen-bond acceptors (Lipinski definition) is 5. The van der Waals surface area contributed by atoms with Gasteiger partial charge in [0.05, 0.1) is 22.3 Å². The van der Waals surface area contributed by atoms with Crippen molar-refractivity contribution < 1.29 is 18.7 Å². The number of amides is 1. The minimum atomic E-state index is -0.481. The van der Waals surface area contributed by atoms with Crippen LogP contribution in [-0.4, -0.2) is 18.7 Å². The average Bonchev–Trinajstić information content (AvgIpc) is 3.24. The molecule has 10 heteroatoms. The third-order valence-electron chi connectivity index (χ3n) is 4.77. The number of rotatable bonds is 8. The molecule has 0 atom stereocenters. The molecular weight excluding hydrogens is 667 g/mol. The summed E-state index contributed by atoms with van der Waals surface area (Å²) in [5.41, 5.74) is 4.67. The highest BCUT2D eigenvalue weighted by molar-refractivity contribution is 9.11. The lowest BCUT2D eigenvalue weighted by atomic mass is 10.2. The molecule has 0 spiro atoms. The van der Waals surface area contributed by atoms with Crippen LogP contribution in [-0.2, 0) is 6.61 Å². The fraction of sp³-hybridized carbons (Fsp3) is 0.120. The molecule has 1 aromatic heterocycles. The van der Waals surface area contributed by atoms with Crippen LogP contribution in [0.5, 0.6) is 11.5 Å². The zero-order chi connectivity index (χ0) is 24.9. The smallest absolute Gasteiger partial charge is 0.307 e. The second kappa shape index (κ2) is 11.6. The fourth-order valence-electron chi connectivity index (χ4n) is 3.21. The van der Waals surface area contributed by atoms with Crippen LogP contribution in [0.1, 0.15) is 28.6 Å². The van der Waals surface area contributed by atoms with Gasteiger partial charge in [0.1, 0.15) is 12.2 Å². The molecule has 0 aliphatic heterocycles. The molecule has 0 bridgehead atoms. The van der Waals surface area contributed by atoms with Gasteiger partial charge in [-0.3, -0.25) is 4.79 Å². The van der Waals surface area contributed by atoms with E-state index in [1.54, 1.807) is 18.2 Å². The van der Waals surface area contributed by atoms with E-state index in [0.717, 1.165) is 24.4 Å². The van der Waals surface area contributed by atoms with Crippen LogP contribution in [0, 0.1) is 0 Å². The van der Waals surface area contributed by atoms with Gasteiger partial charge in [-0.15, -0.1) is 0 Å². The topological polar surface area (TPSA) is 73.1 Å². The number of hydrogen-bond donors (Lipinski definition) is 1. The van der Waals surface area contributed by atoms with Crippen molar-refractivity contribution in [1.29, 1.82) is 0 Å². The van der Waals surface area contributed by atoms with Crippen molar-refractivity contribution in [2.24, 2.45) is 5.10 Å². The minimum Gasteiger partial charge on any atom is -0.490 e. The molecule has 1 heterocycles. The Morgan fingerprint density at radius 2 is 1.83 bits per heavy atom. The Hall–Kier alpha value is -2.33. The molecule has 0 aliphatic rings. The first-order valence-electron chi connectivity index (χ1n) is 10.4. The Kier molecular flexibility index (Phi) is 8.54. The molecular formula is C25H18Br3ClN2O4. The Labute approximate surface area is 232 Å². The number of nitrogens with zero attached hydrogens (tertiary/aromatic N) is 1. The number of ether oxygens (including phenoxy) is 2. The molecule has 0 saturated carbocycles. The summed E-state index contributed by atoms with van der Waals surface area (Å²) < 4.78 is 19.9. The van der Waals surface area contributed by atoms with Crippen LogP contribution >= 0.6 is 59.4 Å². The average molecular weight is 686 g/mol. The highest BCUT2D eigenvalue weighted by Crippen LogP contribution is 2.37. The van der Waals surface area contributed by atoms with Crippen molar-refractivity contribution in [3.63, 3.8) is 0 Å². The van der Waals surface area contributed by atoms with Gasteiger partial charge in [-0.1, -0.05) is 55.6 Å². The lowest BCUT2D eigenvalue weighted by Gasteiger charge is -2.14. The monoisotopic (exact) mass is 682 g/mol. The number of hydrazone groups is 1. The molecule has 0 fully saturated rings. The summed E-state index contributed by atoms with van der Waals surface area (Å²) in [7, 11) is 0. The van der Waals surface area contributed by atoms with E-state index in [0.29, 0.717) is 40.9 Å². The molecule has 0 unspecified atom stereocenters. The first-order chi connectivity index (χ1) is 16.8. The minimum absolute atomic E-state index is 0.140. The van der Waals surface area contributed by atoms with Gasteiger partial charge in [0.25, 0.3) is 0 Å². The third-order valence-corrected chi connectivity index (χ3v) is 6.62. The summed E-state index contributed by atoms with van der Waals surface area (Å²) in [5.74, 6) is 0.584. The van der Waals surface area contributed by atoms with E-state index in [1.807, 2.05) is 43.3 Å². The molecule has 1 amide bonds. The highest BCUT2D eigenvalue weighted by Gasteiger charge is 2.15. The van der Waals surface area contributed by atoms with Crippen LogP contribution < -0.4 is 14.9 Å². The van der Waals surface area contributed by atoms with Gasteiger partial charge in [-0.25, -0.2) is 5.43 Å². The Morgan fingerprint density at radius 3 is 2.57 bits per heavy atom. The van der Waals surface area contributed by atoms with E-state index >= 15 is 0 Å². The second-order valence-corrected chi connectivity index (χ2v) is 10.4. The van der Waals surface area contributed by atoms with Crippen molar-refractivity contribution >= 4 is 82.5 Å². The zero-order valence-electron chi connectivity index (χ0n) is 18.3. The van der Waals surface area contributed by atoms with Crippen molar-refractivity contribution in [3.05, 3.63) is 89.9 Å². The van der Waals surface area contributed by atoms with Crippen molar-refractivity contribution in [1.82, 2.24) is 5.43 Å². The lowest BCUT2D eigenvalue weighted by Crippen LogP contribution is -2.16. The van der Waals surface area contributed by atoms with Crippen LogP contribution in [0.3, 0.4) is 0 Å². The molecule has 0 radical (unpaired) electrons. The second-order valence-electron chi connectivity index (χ2n) is 7.29. The number of nitrogens with one attached hydrogen (secondary N) is 1. The van der Waals surface area contributed by atoms with Crippen molar-refractivity contribution in [2.75, 3.05) is 6.61 Å². The highest BCUT2D eigenvalue weighted by atomic mass is 79.9. The Bertz CT molecular complexity index is 1400. The fourth-order valence-corrected chi connectivity index (χ4v) is 5.09. The van der Waals surface area contributed by atoms with Gasteiger partial charge in [0.15, 0.2) is 17.3 Å². The predicted molar refractivity (Wildman–Crippen MR) is 148 cm³/mol. The summed E-state index contributed by atoms with van der Waals surface area (Å²) >= 11 is 16.8. The Morgan fingerprint density at radius 1 is 1.06 bits per heavy atom. The summed E-state index contributed by atoms with van der Waals surface area (Å²) in [6, 6.07) is 16.6. The predicted octanol–water partition coefficient (Wildman–Crippen LogP) is 8.12. The molecule has 1 N–H and O–H groups in total. The molecule has 0 saturated heterocycles. The van der Waals surface area contributed by atoms with E-state index in [1.165, 1.54) is 6.21 Å². The van der Waals surface area contributed by atoms with E-state index in [9.17, 15) is 4.79 Å². The van der Waals surface area contributed by atoms with Gasteiger partial charge in [-0.2, -0.15) is 5.10 Å². The maximum Gasteiger partial charge on any atom is 0.307 e. The van der Waals surface area contributed by atoms with Gasteiger partial charge >= 0.3 is 5.91 Å². The van der Waals surface area contributed by atoms with E-state index < -0.39 is 5.91 Å². The first-order valence-corrected chi connectivity index (χ1v) is 13.2. The number of halogens is 4. The van der Waals surface area contributed by atoms with Gasteiger partial charge in [0.2, 0.25) is 0 Å². The molecule has 4 aromatic rings. The number of carbonyl (C=O) groups excluding carboxylic acids is 1. The molecule has 4 rings (SSSR count). The molecule has 35 heavy (non-hydrogen) atoms. The molecule has 180 valence electrons. The molecule has 3 aromatic carbocycles. The van der Waals surface area contributed by atoms with Gasteiger partial charge < -0.3 is 13.9 Å². The zero-order valence-corrected chi connectivity index (χ0v) is 23.8. The first kappa shape index (κ1) is 25.8. The van der Waals surface area contributed by atoms with Crippen LogP contribution in [0.4, 0.5) is 0 Å². The van der Waals surface area contributed by atoms with Crippen LogP contribution in [0.25, 0.3) is 11.0 Å². The van der Waals surface area contributed by atoms with Gasteiger partial charge in [-0.05, 0) is 76.4 Å². The number of fused-ring (bicyclic) bond motifs is 1. The number of carbonyl (C=O) groups is 1. The summed E-state index contributed by atoms with van der Waals surface area (Å²) in [4.78, 5) is 12.5. The van der Waals surface area contributed by atoms with E-state index in [4.69, 9.17) is 25.5 Å². The van der Waals surface area contributed by atoms with E-state index in [2.05, 4.69) is 58.3 Å². The largest absolute Gasteiger partial charge is 0.490 e. The SMILES string of the molecule is CCOc1cc(/C=N\NC(=O)c2cc3cc(Br)cc(Br)c3o2)cc(Cl)c1OCc1ccc(Br)cc1. The maximum atomic E-state index is 12.5. The number of benzene rings is 3. The van der Waals surface area contributed by atoms with Crippen LogP contribution in [0.2, 0.25) is 5.02 Å². The van der Waals surface area contributed by atoms with Crippen LogP contribution in [0.15, 0.2) is 77.5 Å². The molecule has 0 aliphatic carbocycles. The summed E-state index contributed by atoms with van der Waals surface area (Å²) in [5, 5.41) is 5.19. The standard InChI is InChI=1S/C25H18Br3ClN2O4/c1-2-33-21-8-15(7-20(29)24(21)34-13-14-3-5-17(26)6-4-14)12-30-31-25(32)22-10-16-9-18(27)11-19(28)23(16)35-22/h3-12H,2,13H2,1H3,(H,31,32)/b30-12-.